The van der Waals surface area contributed by atoms with Crippen LogP contribution < -0.4 is 5.01 Å². The number of amides is 1. The Bertz CT molecular complexity index is 982. The van der Waals surface area contributed by atoms with Crippen LogP contribution >= 0.6 is 0 Å². The number of carbonyl (C=O) groups excluding carboxylic acids is 1. The van der Waals surface area contributed by atoms with Crippen LogP contribution in [0.2, 0.25) is 0 Å². The first kappa shape index (κ1) is 19.2. The van der Waals surface area contributed by atoms with Crippen LogP contribution in [-0.4, -0.2) is 16.5 Å². The monoisotopic (exact) mass is 375 g/mol. The predicted octanol–water partition coefficient (Wildman–Crippen LogP) is 4.98. The molecule has 3 rings (SSSR count). The number of allylic oxidation sites excluding steroid dienone is 2. The van der Waals surface area contributed by atoms with E-state index < -0.39 is 4.92 Å². The molecule has 6 nitrogen and oxygen atoms in total. The molecule has 0 fully saturated rings. The number of para-hydroxylation sites is 1. The molecule has 0 saturated heterocycles. The molecule has 2 aromatic carbocycles. The van der Waals surface area contributed by atoms with Crippen molar-refractivity contribution in [3.05, 3.63) is 88.0 Å². The zero-order valence-corrected chi connectivity index (χ0v) is 16.0. The zero-order chi connectivity index (χ0) is 20.3. The van der Waals surface area contributed by atoms with Crippen molar-refractivity contribution in [1.29, 1.82) is 0 Å². The number of nitro benzene ring substituents is 1. The third-order valence-electron chi connectivity index (χ3n) is 4.24. The summed E-state index contributed by atoms with van der Waals surface area (Å²) in [5, 5.41) is 16.7. The fourth-order valence-corrected chi connectivity index (χ4v) is 2.83. The highest BCUT2D eigenvalue weighted by Crippen LogP contribution is 2.31. The third-order valence-corrected chi connectivity index (χ3v) is 4.24. The average Bonchev–Trinajstić information content (AvgIpc) is 3.00. The van der Waals surface area contributed by atoms with Crippen LogP contribution in [0.1, 0.15) is 26.3 Å². The SMILES string of the molecule is CC(C)(C)C1=NN(c2ccccc2)C(=O)/C1=C\C=C/c1ccc([N+](=O)[O-])cc1. The molecular formula is C22H21N3O3. The lowest BCUT2D eigenvalue weighted by Gasteiger charge is -2.17. The summed E-state index contributed by atoms with van der Waals surface area (Å²) in [4.78, 5) is 23.3. The van der Waals surface area contributed by atoms with Crippen molar-refractivity contribution in [2.75, 3.05) is 5.01 Å². The van der Waals surface area contributed by atoms with Crippen LogP contribution in [-0.2, 0) is 4.79 Å². The Balaban J connectivity index is 1.89. The van der Waals surface area contributed by atoms with Gasteiger partial charge in [0.1, 0.15) is 0 Å². The van der Waals surface area contributed by atoms with Gasteiger partial charge in [0.05, 0.1) is 21.9 Å². The first-order valence-electron chi connectivity index (χ1n) is 8.89. The maximum atomic E-state index is 13.0. The Hall–Kier alpha value is -3.54. The highest BCUT2D eigenvalue weighted by atomic mass is 16.6. The van der Waals surface area contributed by atoms with Crippen molar-refractivity contribution in [2.45, 2.75) is 20.8 Å². The van der Waals surface area contributed by atoms with E-state index in [-0.39, 0.29) is 17.0 Å². The average molecular weight is 375 g/mol. The summed E-state index contributed by atoms with van der Waals surface area (Å²) in [7, 11) is 0. The smallest absolute Gasteiger partial charge is 0.267 e. The molecular weight excluding hydrogens is 354 g/mol. The topological polar surface area (TPSA) is 75.8 Å². The molecule has 28 heavy (non-hydrogen) atoms. The Morgan fingerprint density at radius 3 is 2.25 bits per heavy atom. The van der Waals surface area contributed by atoms with Crippen LogP contribution in [0.25, 0.3) is 6.08 Å². The van der Waals surface area contributed by atoms with E-state index in [9.17, 15) is 14.9 Å². The summed E-state index contributed by atoms with van der Waals surface area (Å²) >= 11 is 0. The van der Waals surface area contributed by atoms with Gasteiger partial charge in [0, 0.05) is 17.5 Å². The van der Waals surface area contributed by atoms with E-state index in [0.29, 0.717) is 5.57 Å². The highest BCUT2D eigenvalue weighted by Gasteiger charge is 2.36. The molecule has 0 bridgehead atoms. The Morgan fingerprint density at radius 1 is 1.04 bits per heavy atom. The van der Waals surface area contributed by atoms with Crippen molar-refractivity contribution in [1.82, 2.24) is 0 Å². The van der Waals surface area contributed by atoms with Gasteiger partial charge in [-0.25, -0.2) is 0 Å². The number of carbonyl (C=O) groups is 1. The van der Waals surface area contributed by atoms with Crippen molar-refractivity contribution < 1.29 is 9.72 Å². The molecule has 0 radical (unpaired) electrons. The van der Waals surface area contributed by atoms with Crippen molar-refractivity contribution in [3.8, 4) is 0 Å². The Kier molecular flexibility index (Phi) is 5.22. The molecule has 142 valence electrons. The van der Waals surface area contributed by atoms with Gasteiger partial charge >= 0.3 is 0 Å². The van der Waals surface area contributed by atoms with Gasteiger partial charge < -0.3 is 0 Å². The molecule has 6 heteroatoms. The maximum Gasteiger partial charge on any atom is 0.280 e. The lowest BCUT2D eigenvalue weighted by atomic mass is 9.85. The molecule has 1 heterocycles. The van der Waals surface area contributed by atoms with E-state index >= 15 is 0 Å². The van der Waals surface area contributed by atoms with Gasteiger partial charge in [-0.3, -0.25) is 14.9 Å². The first-order valence-corrected chi connectivity index (χ1v) is 8.89. The van der Waals surface area contributed by atoms with E-state index in [2.05, 4.69) is 5.10 Å². The number of nitro groups is 1. The molecule has 0 saturated carbocycles. The minimum atomic E-state index is -0.434. The fraction of sp³-hybridized carbons (Fsp3) is 0.182. The highest BCUT2D eigenvalue weighted by molar-refractivity contribution is 6.31. The molecule has 0 aliphatic carbocycles. The third kappa shape index (κ3) is 4.06. The quantitative estimate of drug-likeness (QED) is 0.429. The number of hydrogen-bond acceptors (Lipinski definition) is 4. The number of nitrogens with zero attached hydrogens (tertiary/aromatic N) is 3. The van der Waals surface area contributed by atoms with Crippen molar-refractivity contribution in [2.24, 2.45) is 10.5 Å². The molecule has 0 aromatic heterocycles. The van der Waals surface area contributed by atoms with Crippen LogP contribution in [0.3, 0.4) is 0 Å². The summed E-state index contributed by atoms with van der Waals surface area (Å²) in [5.41, 5.74) is 2.53. The number of rotatable bonds is 4. The number of hydrogen-bond donors (Lipinski definition) is 0. The van der Waals surface area contributed by atoms with Gasteiger partial charge in [0.25, 0.3) is 11.6 Å². The standard InChI is InChI=1S/C22H21N3O3/c1-22(2,3)20-19(21(26)24(23-20)17-9-5-4-6-10-17)11-7-8-16-12-14-18(15-13-16)25(27)28/h4-15H,1-3H3/b8-7-,19-11-. The lowest BCUT2D eigenvalue weighted by molar-refractivity contribution is -0.384. The molecule has 0 unspecified atom stereocenters. The summed E-state index contributed by atoms with van der Waals surface area (Å²) in [5.74, 6) is -0.176. The van der Waals surface area contributed by atoms with E-state index in [4.69, 9.17) is 0 Å². The maximum absolute atomic E-state index is 13.0. The molecule has 1 amide bonds. The lowest BCUT2D eigenvalue weighted by Crippen LogP contribution is -2.23. The van der Waals surface area contributed by atoms with Gasteiger partial charge in [-0.2, -0.15) is 10.1 Å². The zero-order valence-electron chi connectivity index (χ0n) is 16.0. The van der Waals surface area contributed by atoms with Crippen LogP contribution in [0.4, 0.5) is 11.4 Å². The normalized spacial score (nSPS) is 16.1. The summed E-state index contributed by atoms with van der Waals surface area (Å²) in [6.07, 6.45) is 5.32. The predicted molar refractivity (Wildman–Crippen MR) is 111 cm³/mol. The Morgan fingerprint density at radius 2 is 1.68 bits per heavy atom. The first-order chi connectivity index (χ1) is 13.3. The second kappa shape index (κ2) is 7.60. The van der Waals surface area contributed by atoms with E-state index in [1.807, 2.05) is 51.1 Å². The molecule has 0 spiro atoms. The van der Waals surface area contributed by atoms with Crippen LogP contribution in [0.15, 0.2) is 77.4 Å². The number of non-ortho nitro benzene ring substituents is 1. The van der Waals surface area contributed by atoms with Crippen LogP contribution in [0.5, 0.6) is 0 Å². The number of benzene rings is 2. The van der Waals surface area contributed by atoms with Crippen molar-refractivity contribution in [3.63, 3.8) is 0 Å². The molecule has 2 aromatic rings. The summed E-state index contributed by atoms with van der Waals surface area (Å²) in [6.45, 7) is 6.05. The molecule has 0 N–H and O–H groups in total. The minimum Gasteiger partial charge on any atom is -0.267 e. The van der Waals surface area contributed by atoms with Gasteiger partial charge in [-0.05, 0) is 35.9 Å². The Labute approximate surface area is 163 Å². The van der Waals surface area contributed by atoms with Crippen LogP contribution in [0, 0.1) is 15.5 Å². The number of hydrazone groups is 1. The summed E-state index contributed by atoms with van der Waals surface area (Å²) in [6, 6.07) is 15.5. The van der Waals surface area contributed by atoms with E-state index in [0.717, 1.165) is 17.0 Å². The number of anilines is 1. The minimum absolute atomic E-state index is 0.0436. The van der Waals surface area contributed by atoms with Gasteiger partial charge in [0.15, 0.2) is 0 Å². The fourth-order valence-electron chi connectivity index (χ4n) is 2.83. The van der Waals surface area contributed by atoms with E-state index in [1.54, 1.807) is 30.4 Å². The van der Waals surface area contributed by atoms with Gasteiger partial charge in [-0.15, -0.1) is 0 Å². The van der Waals surface area contributed by atoms with E-state index in [1.165, 1.54) is 17.1 Å². The second-order valence-electron chi connectivity index (χ2n) is 7.44. The molecule has 1 aliphatic heterocycles. The summed E-state index contributed by atoms with van der Waals surface area (Å²) < 4.78 is 0. The largest absolute Gasteiger partial charge is 0.280 e. The molecule has 0 atom stereocenters. The van der Waals surface area contributed by atoms with Crippen molar-refractivity contribution >= 4 is 29.1 Å². The van der Waals surface area contributed by atoms with Gasteiger partial charge in [-0.1, -0.05) is 51.1 Å². The second-order valence-corrected chi connectivity index (χ2v) is 7.44. The molecule has 1 aliphatic rings. The van der Waals surface area contributed by atoms with Gasteiger partial charge in [0.2, 0.25) is 0 Å².